The number of hydrogen-bond acceptors (Lipinski definition) is 3. The second-order valence-electron chi connectivity index (χ2n) is 7.29. The van der Waals surface area contributed by atoms with Gasteiger partial charge >= 0.3 is 0 Å². The van der Waals surface area contributed by atoms with Crippen molar-refractivity contribution in [1.82, 2.24) is 10.0 Å². The van der Waals surface area contributed by atoms with Crippen LogP contribution < -0.4 is 10.0 Å². The van der Waals surface area contributed by atoms with Crippen molar-refractivity contribution in [2.45, 2.75) is 43.7 Å². The van der Waals surface area contributed by atoms with E-state index < -0.39 is 16.1 Å². The van der Waals surface area contributed by atoms with E-state index >= 15 is 0 Å². The molecule has 0 radical (unpaired) electrons. The summed E-state index contributed by atoms with van der Waals surface area (Å²) in [5.74, 6) is -0.338. The van der Waals surface area contributed by atoms with Crippen LogP contribution in [0.1, 0.15) is 25.8 Å². The molecule has 0 bridgehead atoms. The summed E-state index contributed by atoms with van der Waals surface area (Å²) in [5, 5.41) is 4.69. The fourth-order valence-corrected chi connectivity index (χ4v) is 4.39. The van der Waals surface area contributed by atoms with E-state index in [1.165, 1.54) is 5.56 Å². The zero-order valence-electron chi connectivity index (χ0n) is 16.6. The lowest BCUT2D eigenvalue weighted by molar-refractivity contribution is -0.123. The van der Waals surface area contributed by atoms with Crippen LogP contribution in [0.3, 0.4) is 0 Å². The number of carbonyl (C=O) groups is 1. The molecule has 1 amide bonds. The predicted molar refractivity (Wildman–Crippen MR) is 116 cm³/mol. The van der Waals surface area contributed by atoms with Crippen LogP contribution in [-0.4, -0.2) is 26.4 Å². The minimum Gasteiger partial charge on any atom is -0.352 e. The molecule has 2 N–H and O–H groups in total. The van der Waals surface area contributed by atoms with Gasteiger partial charge in [-0.2, -0.15) is 4.72 Å². The van der Waals surface area contributed by atoms with Crippen molar-refractivity contribution < 1.29 is 13.2 Å². The first-order valence-corrected chi connectivity index (χ1v) is 11.2. The fraction of sp³-hybridized carbons (Fsp3) is 0.261. The first-order chi connectivity index (χ1) is 13.8. The molecule has 0 saturated carbocycles. The second kappa shape index (κ2) is 9.20. The molecule has 3 rings (SSSR count). The van der Waals surface area contributed by atoms with Crippen LogP contribution in [0.2, 0.25) is 0 Å². The molecular formula is C23H26N2O3S. The summed E-state index contributed by atoms with van der Waals surface area (Å²) in [6.07, 6.45) is 1.62. The largest absolute Gasteiger partial charge is 0.352 e. The van der Waals surface area contributed by atoms with E-state index in [0.29, 0.717) is 0 Å². The number of hydrogen-bond donors (Lipinski definition) is 2. The summed E-state index contributed by atoms with van der Waals surface area (Å²) in [6.45, 7) is 3.48. The second-order valence-corrected chi connectivity index (χ2v) is 9.00. The summed E-state index contributed by atoms with van der Waals surface area (Å²) in [5.41, 5.74) is 1.21. The molecule has 0 fully saturated rings. The Kier molecular flexibility index (Phi) is 6.67. The normalized spacial score (nSPS) is 13.7. The van der Waals surface area contributed by atoms with Crippen molar-refractivity contribution in [3.63, 3.8) is 0 Å². The quantitative estimate of drug-likeness (QED) is 0.595. The van der Waals surface area contributed by atoms with E-state index in [0.717, 1.165) is 23.6 Å². The Balaban J connectivity index is 1.58. The molecule has 0 aliphatic heterocycles. The van der Waals surface area contributed by atoms with Gasteiger partial charge in [0, 0.05) is 6.04 Å². The van der Waals surface area contributed by atoms with Gasteiger partial charge in [-0.05, 0) is 55.2 Å². The predicted octanol–water partition coefficient (Wildman–Crippen LogP) is 3.64. The van der Waals surface area contributed by atoms with Gasteiger partial charge in [0.2, 0.25) is 15.9 Å². The van der Waals surface area contributed by atoms with E-state index in [2.05, 4.69) is 22.2 Å². The lowest BCUT2D eigenvalue weighted by atomic mass is 10.1. The molecule has 3 aromatic carbocycles. The summed E-state index contributed by atoms with van der Waals surface area (Å²) >= 11 is 0. The van der Waals surface area contributed by atoms with Crippen molar-refractivity contribution in [2.24, 2.45) is 0 Å². The molecule has 29 heavy (non-hydrogen) atoms. The Morgan fingerprint density at radius 2 is 1.55 bits per heavy atom. The highest BCUT2D eigenvalue weighted by molar-refractivity contribution is 7.89. The van der Waals surface area contributed by atoms with Gasteiger partial charge in [-0.15, -0.1) is 0 Å². The van der Waals surface area contributed by atoms with Gasteiger partial charge in [-0.1, -0.05) is 60.7 Å². The molecular weight excluding hydrogens is 384 g/mol. The fourth-order valence-electron chi connectivity index (χ4n) is 3.16. The molecule has 152 valence electrons. The third kappa shape index (κ3) is 5.65. The van der Waals surface area contributed by atoms with Crippen LogP contribution in [0.15, 0.2) is 77.7 Å². The summed E-state index contributed by atoms with van der Waals surface area (Å²) < 4.78 is 27.9. The maximum atomic E-state index is 12.7. The smallest absolute Gasteiger partial charge is 0.241 e. The summed E-state index contributed by atoms with van der Waals surface area (Å²) in [7, 11) is -3.80. The number of fused-ring (bicyclic) bond motifs is 1. The van der Waals surface area contributed by atoms with Crippen molar-refractivity contribution in [3.8, 4) is 0 Å². The Labute approximate surface area is 172 Å². The average molecular weight is 411 g/mol. The third-order valence-electron chi connectivity index (χ3n) is 4.85. The van der Waals surface area contributed by atoms with Crippen LogP contribution in [-0.2, 0) is 21.2 Å². The van der Waals surface area contributed by atoms with Crippen LogP contribution in [0, 0.1) is 0 Å². The summed E-state index contributed by atoms with van der Waals surface area (Å²) in [4.78, 5) is 12.6. The number of rotatable bonds is 8. The molecule has 0 aromatic heterocycles. The number of carbonyl (C=O) groups excluding carboxylic acids is 1. The molecule has 0 saturated heterocycles. The van der Waals surface area contributed by atoms with Gasteiger partial charge in [-0.25, -0.2) is 8.42 Å². The van der Waals surface area contributed by atoms with Gasteiger partial charge in [-0.3, -0.25) is 4.79 Å². The lowest BCUT2D eigenvalue weighted by Crippen LogP contribution is -2.47. The van der Waals surface area contributed by atoms with E-state index in [9.17, 15) is 13.2 Å². The van der Waals surface area contributed by atoms with E-state index in [4.69, 9.17) is 0 Å². The Morgan fingerprint density at radius 3 is 2.28 bits per heavy atom. The van der Waals surface area contributed by atoms with Crippen LogP contribution in [0.5, 0.6) is 0 Å². The minimum absolute atomic E-state index is 0.0599. The molecule has 3 aromatic rings. The Morgan fingerprint density at radius 1 is 0.897 bits per heavy atom. The van der Waals surface area contributed by atoms with E-state index in [1.54, 1.807) is 25.1 Å². The number of nitrogens with one attached hydrogen (secondary N) is 2. The Hall–Kier alpha value is -2.70. The van der Waals surface area contributed by atoms with Gasteiger partial charge < -0.3 is 5.32 Å². The maximum Gasteiger partial charge on any atom is 0.241 e. The minimum atomic E-state index is -3.80. The molecule has 0 heterocycles. The van der Waals surface area contributed by atoms with Gasteiger partial charge in [0.25, 0.3) is 0 Å². The van der Waals surface area contributed by atoms with E-state index in [-0.39, 0.29) is 16.8 Å². The number of aryl methyl sites for hydroxylation is 1. The van der Waals surface area contributed by atoms with Crippen molar-refractivity contribution >= 4 is 26.7 Å². The number of sulfonamides is 1. The van der Waals surface area contributed by atoms with Gasteiger partial charge in [0.15, 0.2) is 0 Å². The van der Waals surface area contributed by atoms with Crippen LogP contribution in [0.4, 0.5) is 0 Å². The maximum absolute atomic E-state index is 12.7. The number of benzene rings is 3. The average Bonchev–Trinajstić information content (AvgIpc) is 2.72. The first-order valence-electron chi connectivity index (χ1n) is 9.70. The third-order valence-corrected chi connectivity index (χ3v) is 6.39. The van der Waals surface area contributed by atoms with Crippen molar-refractivity contribution in [1.29, 1.82) is 0 Å². The highest BCUT2D eigenvalue weighted by Gasteiger charge is 2.23. The van der Waals surface area contributed by atoms with Gasteiger partial charge in [0.1, 0.15) is 0 Å². The zero-order valence-corrected chi connectivity index (χ0v) is 17.4. The first kappa shape index (κ1) is 21.0. The molecule has 5 nitrogen and oxygen atoms in total. The highest BCUT2D eigenvalue weighted by Crippen LogP contribution is 2.19. The summed E-state index contributed by atoms with van der Waals surface area (Å²) in [6, 6.07) is 21.6. The molecule has 0 spiro atoms. The zero-order chi connectivity index (χ0) is 20.9. The van der Waals surface area contributed by atoms with Crippen LogP contribution in [0.25, 0.3) is 10.8 Å². The van der Waals surface area contributed by atoms with Crippen molar-refractivity contribution in [3.05, 3.63) is 78.4 Å². The van der Waals surface area contributed by atoms with Gasteiger partial charge in [0.05, 0.1) is 10.9 Å². The molecule has 2 atom stereocenters. The molecule has 0 unspecified atom stereocenters. The lowest BCUT2D eigenvalue weighted by Gasteiger charge is -2.19. The SMILES string of the molecule is C[C@H](CCc1ccccc1)NC(=O)[C@H](C)NS(=O)(=O)c1ccc2ccccc2c1. The molecule has 0 aliphatic carbocycles. The van der Waals surface area contributed by atoms with Crippen LogP contribution >= 0.6 is 0 Å². The molecule has 6 heteroatoms. The monoisotopic (exact) mass is 410 g/mol. The standard InChI is InChI=1S/C23H26N2O3S/c1-17(12-13-19-8-4-3-5-9-19)24-23(26)18(2)25-29(27,28)22-15-14-20-10-6-7-11-21(20)16-22/h3-11,14-18,25H,12-13H2,1-2H3,(H,24,26)/t17-,18+/m1/s1. The Bertz CT molecular complexity index is 1080. The molecule has 0 aliphatic rings. The highest BCUT2D eigenvalue weighted by atomic mass is 32.2. The van der Waals surface area contributed by atoms with Crippen molar-refractivity contribution in [2.75, 3.05) is 0 Å². The number of amides is 1. The van der Waals surface area contributed by atoms with E-state index in [1.807, 2.05) is 49.4 Å². The topological polar surface area (TPSA) is 75.3 Å².